The van der Waals surface area contributed by atoms with Gasteiger partial charge >= 0.3 is 5.97 Å². The number of halogens is 2. The molecular weight excluding hydrogens is 187 g/mol. The Kier molecular flexibility index (Phi) is 19.3. The number of esters is 1. The van der Waals surface area contributed by atoms with E-state index in [1.54, 1.807) is 13.0 Å². The van der Waals surface area contributed by atoms with E-state index in [9.17, 15) is 4.79 Å². The molecule has 0 rings (SSSR count). The highest BCUT2D eigenvalue weighted by Crippen LogP contribution is 1.83. The van der Waals surface area contributed by atoms with Crippen molar-refractivity contribution in [3.63, 3.8) is 0 Å². The maximum Gasteiger partial charge on any atom is 0.330 e. The van der Waals surface area contributed by atoms with Gasteiger partial charge in [0.2, 0.25) is 0 Å². The number of hydrogen-bond donors (Lipinski definition) is 0. The van der Waals surface area contributed by atoms with Crippen LogP contribution < -0.4 is 0 Å². The van der Waals surface area contributed by atoms with Crippen molar-refractivity contribution in [2.24, 2.45) is 0 Å². The number of rotatable bonds is 3. The molecule has 0 saturated heterocycles. The molecule has 0 saturated carbocycles. The Labute approximate surface area is 79.8 Å². The summed E-state index contributed by atoms with van der Waals surface area (Å²) in [6.07, 6.45) is 4.10. The van der Waals surface area contributed by atoms with Crippen molar-refractivity contribution in [1.82, 2.24) is 0 Å². The Balaban J connectivity index is -0.000000320. The van der Waals surface area contributed by atoms with Crippen LogP contribution in [-0.2, 0) is 9.53 Å². The molecule has 0 aromatic carbocycles. The monoisotopic (exact) mass is 200 g/mol. The van der Waals surface area contributed by atoms with Crippen LogP contribution in [-0.4, -0.2) is 12.6 Å². The molecule has 0 bridgehead atoms. The molecule has 4 heteroatoms. The third-order valence-electron chi connectivity index (χ3n) is 0.776. The predicted molar refractivity (Wildman–Crippen MR) is 50.6 cm³/mol. The van der Waals surface area contributed by atoms with Gasteiger partial charge in [0.25, 0.3) is 0 Å². The highest BCUT2D eigenvalue weighted by molar-refractivity contribution is 5.85. The van der Waals surface area contributed by atoms with Crippen LogP contribution in [0, 0.1) is 0 Å². The zero-order valence-electron chi connectivity index (χ0n) is 6.70. The van der Waals surface area contributed by atoms with Gasteiger partial charge in [-0.05, 0) is 13.3 Å². The summed E-state index contributed by atoms with van der Waals surface area (Å²) in [6, 6.07) is 0. The summed E-state index contributed by atoms with van der Waals surface area (Å²) in [5.74, 6) is -0.251. The van der Waals surface area contributed by atoms with Crippen molar-refractivity contribution < 1.29 is 9.53 Å². The summed E-state index contributed by atoms with van der Waals surface area (Å²) < 4.78 is 4.62. The van der Waals surface area contributed by atoms with Gasteiger partial charge in [0.15, 0.2) is 0 Å². The first-order chi connectivity index (χ1) is 4.31. The second-order valence-electron chi connectivity index (χ2n) is 1.56. The Bertz CT molecular complexity index is 113. The Hall–Kier alpha value is -0.210. The molecule has 68 valence electrons. The Morgan fingerprint density at radius 2 is 1.91 bits per heavy atom. The Morgan fingerprint density at radius 1 is 1.36 bits per heavy atom. The van der Waals surface area contributed by atoms with Crippen LogP contribution in [0.1, 0.15) is 20.3 Å². The van der Waals surface area contributed by atoms with Crippen molar-refractivity contribution in [1.29, 1.82) is 0 Å². The quantitative estimate of drug-likeness (QED) is 0.517. The summed E-state index contributed by atoms with van der Waals surface area (Å²) in [5.41, 5.74) is 0. The average Bonchev–Trinajstić information content (AvgIpc) is 1.85. The molecule has 0 aromatic rings. The molecule has 0 aliphatic heterocycles. The summed E-state index contributed by atoms with van der Waals surface area (Å²) in [4.78, 5) is 10.5. The lowest BCUT2D eigenvalue weighted by molar-refractivity contribution is -0.137. The molecule has 0 spiro atoms. The van der Waals surface area contributed by atoms with E-state index in [2.05, 4.69) is 4.74 Å². The van der Waals surface area contributed by atoms with Gasteiger partial charge in [-0.3, -0.25) is 0 Å². The summed E-state index contributed by atoms with van der Waals surface area (Å²) in [6.45, 7) is 4.21. The number of hydrogen-bond acceptors (Lipinski definition) is 2. The highest BCUT2D eigenvalue weighted by Gasteiger charge is 1.89. The second kappa shape index (κ2) is 12.5. The first kappa shape index (κ1) is 17.0. The first-order valence-electron chi connectivity index (χ1n) is 3.14. The van der Waals surface area contributed by atoms with Crippen molar-refractivity contribution in [2.75, 3.05) is 6.61 Å². The lowest BCUT2D eigenvalue weighted by atomic mass is 10.4. The molecule has 0 heterocycles. The number of ether oxygens (including phenoxy) is 1. The molecule has 0 aliphatic rings. The molecule has 0 unspecified atom stereocenters. The van der Waals surface area contributed by atoms with Crippen LogP contribution in [0.5, 0.6) is 0 Å². The van der Waals surface area contributed by atoms with E-state index < -0.39 is 0 Å². The molecule has 0 N–H and O–H groups in total. The molecule has 0 aromatic heterocycles. The van der Waals surface area contributed by atoms with Crippen LogP contribution in [0.15, 0.2) is 12.2 Å². The SMILES string of the molecule is CC/C=C/C(=O)OCC.Cl.Cl. The summed E-state index contributed by atoms with van der Waals surface area (Å²) in [7, 11) is 0. The van der Waals surface area contributed by atoms with Gasteiger partial charge in [-0.2, -0.15) is 0 Å². The van der Waals surface area contributed by atoms with E-state index in [1.165, 1.54) is 6.08 Å². The normalized spacial score (nSPS) is 8.18. The van der Waals surface area contributed by atoms with Crippen molar-refractivity contribution in [3.8, 4) is 0 Å². The number of allylic oxidation sites excluding steroid dienone is 1. The van der Waals surface area contributed by atoms with Crippen LogP contribution in [0.3, 0.4) is 0 Å². The van der Waals surface area contributed by atoms with Crippen LogP contribution >= 0.6 is 24.8 Å². The van der Waals surface area contributed by atoms with Crippen LogP contribution in [0.2, 0.25) is 0 Å². The topological polar surface area (TPSA) is 26.3 Å². The zero-order chi connectivity index (χ0) is 7.11. The second-order valence-corrected chi connectivity index (χ2v) is 1.56. The molecule has 0 radical (unpaired) electrons. The van der Waals surface area contributed by atoms with E-state index in [-0.39, 0.29) is 30.8 Å². The maximum absolute atomic E-state index is 10.5. The van der Waals surface area contributed by atoms with E-state index in [1.807, 2.05) is 6.92 Å². The van der Waals surface area contributed by atoms with Crippen LogP contribution in [0.4, 0.5) is 0 Å². The van der Waals surface area contributed by atoms with E-state index in [0.29, 0.717) is 6.61 Å². The predicted octanol–water partition coefficient (Wildman–Crippen LogP) is 2.36. The molecular formula is C7H14Cl2O2. The third-order valence-corrected chi connectivity index (χ3v) is 0.776. The lowest BCUT2D eigenvalue weighted by Gasteiger charge is -1.92. The Morgan fingerprint density at radius 3 is 2.27 bits per heavy atom. The molecule has 0 amide bonds. The third kappa shape index (κ3) is 12.9. The molecule has 0 fully saturated rings. The zero-order valence-corrected chi connectivity index (χ0v) is 8.33. The van der Waals surface area contributed by atoms with Crippen molar-refractivity contribution in [3.05, 3.63) is 12.2 Å². The van der Waals surface area contributed by atoms with Gasteiger partial charge < -0.3 is 4.74 Å². The number of carbonyl (C=O) groups excluding carboxylic acids is 1. The van der Waals surface area contributed by atoms with Crippen LogP contribution in [0.25, 0.3) is 0 Å². The van der Waals surface area contributed by atoms with Gasteiger partial charge in [0.05, 0.1) is 6.61 Å². The van der Waals surface area contributed by atoms with Gasteiger partial charge in [-0.15, -0.1) is 24.8 Å². The number of carbonyl (C=O) groups is 1. The minimum absolute atomic E-state index is 0. The van der Waals surface area contributed by atoms with E-state index in [4.69, 9.17) is 0 Å². The largest absolute Gasteiger partial charge is 0.463 e. The van der Waals surface area contributed by atoms with Gasteiger partial charge in [-0.1, -0.05) is 13.0 Å². The molecule has 0 atom stereocenters. The minimum atomic E-state index is -0.251. The highest BCUT2D eigenvalue weighted by atomic mass is 35.5. The fourth-order valence-electron chi connectivity index (χ4n) is 0.404. The molecule has 11 heavy (non-hydrogen) atoms. The van der Waals surface area contributed by atoms with E-state index in [0.717, 1.165) is 6.42 Å². The molecule has 0 aliphatic carbocycles. The van der Waals surface area contributed by atoms with Crippen molar-refractivity contribution in [2.45, 2.75) is 20.3 Å². The van der Waals surface area contributed by atoms with Gasteiger partial charge in [0, 0.05) is 6.08 Å². The summed E-state index contributed by atoms with van der Waals surface area (Å²) >= 11 is 0. The standard InChI is InChI=1S/C7H12O2.2ClH/c1-3-5-6-7(8)9-4-2;;/h5-6H,3-4H2,1-2H3;2*1H/b6-5+;;. The van der Waals surface area contributed by atoms with Gasteiger partial charge in [-0.25, -0.2) is 4.79 Å². The first-order valence-corrected chi connectivity index (χ1v) is 3.14. The smallest absolute Gasteiger partial charge is 0.330 e. The van der Waals surface area contributed by atoms with Crippen molar-refractivity contribution >= 4 is 30.8 Å². The fourth-order valence-corrected chi connectivity index (χ4v) is 0.404. The molecule has 2 nitrogen and oxygen atoms in total. The average molecular weight is 201 g/mol. The minimum Gasteiger partial charge on any atom is -0.463 e. The maximum atomic E-state index is 10.5. The summed E-state index contributed by atoms with van der Waals surface area (Å²) in [5, 5.41) is 0. The van der Waals surface area contributed by atoms with Gasteiger partial charge in [0.1, 0.15) is 0 Å². The lowest BCUT2D eigenvalue weighted by Crippen LogP contribution is -1.98. The van der Waals surface area contributed by atoms with E-state index >= 15 is 0 Å². The fraction of sp³-hybridized carbons (Fsp3) is 0.571.